The highest BCUT2D eigenvalue weighted by Gasteiger charge is 2.37. The van der Waals surface area contributed by atoms with Gasteiger partial charge in [-0.05, 0) is 48.9 Å². The number of anilines is 1. The number of aromatic nitrogens is 2. The van der Waals surface area contributed by atoms with Gasteiger partial charge in [0.15, 0.2) is 0 Å². The fraction of sp³-hybridized carbons (Fsp3) is 0.0952. The molecule has 0 bridgehead atoms. The first-order valence-electron chi connectivity index (χ1n) is 8.28. The van der Waals surface area contributed by atoms with Gasteiger partial charge in [-0.15, -0.1) is 0 Å². The van der Waals surface area contributed by atoms with E-state index in [2.05, 4.69) is 35.0 Å². The molecular formula is C21H16FN3. The fourth-order valence-electron chi connectivity index (χ4n) is 3.74. The van der Waals surface area contributed by atoms with Gasteiger partial charge in [-0.3, -0.25) is 4.57 Å². The SMILES string of the molecule is C[C@]1(c2ccc(F)cc2)Nc2ccccc2-c2nc3ccccc3n21. The molecule has 4 aromatic rings. The number of halogens is 1. The van der Waals surface area contributed by atoms with Gasteiger partial charge in [0.1, 0.15) is 17.3 Å². The number of hydrogen-bond acceptors (Lipinski definition) is 2. The van der Waals surface area contributed by atoms with Crippen molar-refractivity contribution in [1.29, 1.82) is 0 Å². The maximum absolute atomic E-state index is 13.5. The molecule has 5 rings (SSSR count). The van der Waals surface area contributed by atoms with Crippen LogP contribution < -0.4 is 5.32 Å². The summed E-state index contributed by atoms with van der Waals surface area (Å²) in [5.41, 5.74) is 4.51. The summed E-state index contributed by atoms with van der Waals surface area (Å²) in [6, 6.07) is 22.9. The molecule has 1 atom stereocenters. The van der Waals surface area contributed by atoms with E-state index in [1.54, 1.807) is 0 Å². The zero-order chi connectivity index (χ0) is 17.0. The van der Waals surface area contributed by atoms with Crippen LogP contribution in [0.5, 0.6) is 0 Å². The van der Waals surface area contributed by atoms with E-state index in [1.165, 1.54) is 12.1 Å². The number of rotatable bonds is 1. The summed E-state index contributed by atoms with van der Waals surface area (Å²) in [5.74, 6) is 0.682. The van der Waals surface area contributed by atoms with Gasteiger partial charge in [-0.25, -0.2) is 9.37 Å². The Bertz CT molecular complexity index is 1100. The first-order chi connectivity index (χ1) is 12.2. The summed E-state index contributed by atoms with van der Waals surface area (Å²) in [6.45, 7) is 2.10. The van der Waals surface area contributed by atoms with Gasteiger partial charge in [-0.1, -0.05) is 36.4 Å². The minimum Gasteiger partial charge on any atom is -0.358 e. The topological polar surface area (TPSA) is 29.9 Å². The van der Waals surface area contributed by atoms with Crippen LogP contribution in [0.3, 0.4) is 0 Å². The highest BCUT2D eigenvalue weighted by atomic mass is 19.1. The highest BCUT2D eigenvalue weighted by molar-refractivity contribution is 5.87. The van der Waals surface area contributed by atoms with E-state index in [1.807, 2.05) is 42.5 Å². The molecule has 3 aromatic carbocycles. The molecule has 1 aliphatic rings. The molecule has 0 fully saturated rings. The summed E-state index contributed by atoms with van der Waals surface area (Å²) in [4.78, 5) is 4.88. The Kier molecular flexibility index (Phi) is 2.80. The molecule has 0 radical (unpaired) electrons. The summed E-state index contributed by atoms with van der Waals surface area (Å²) < 4.78 is 15.7. The van der Waals surface area contributed by atoms with Crippen molar-refractivity contribution < 1.29 is 4.39 Å². The summed E-state index contributed by atoms with van der Waals surface area (Å²) in [7, 11) is 0. The molecule has 1 N–H and O–H groups in total. The normalized spacial score (nSPS) is 18.5. The van der Waals surface area contributed by atoms with Gasteiger partial charge in [0.2, 0.25) is 0 Å². The first kappa shape index (κ1) is 14.2. The Morgan fingerprint density at radius 2 is 1.64 bits per heavy atom. The minimum absolute atomic E-state index is 0.237. The van der Waals surface area contributed by atoms with Gasteiger partial charge >= 0.3 is 0 Å². The number of fused-ring (bicyclic) bond motifs is 5. The molecular weight excluding hydrogens is 313 g/mol. The van der Waals surface area contributed by atoms with Crippen molar-refractivity contribution in [3.63, 3.8) is 0 Å². The maximum Gasteiger partial charge on any atom is 0.145 e. The number of imidazole rings is 1. The summed E-state index contributed by atoms with van der Waals surface area (Å²) in [6.07, 6.45) is 0. The lowest BCUT2D eigenvalue weighted by Gasteiger charge is -2.40. The van der Waals surface area contributed by atoms with Crippen molar-refractivity contribution in [2.24, 2.45) is 0 Å². The second-order valence-corrected chi connectivity index (χ2v) is 6.51. The number of para-hydroxylation sites is 3. The molecule has 0 spiro atoms. The van der Waals surface area contributed by atoms with Gasteiger partial charge in [0, 0.05) is 11.3 Å². The van der Waals surface area contributed by atoms with Crippen molar-refractivity contribution in [3.05, 3.63) is 84.2 Å². The Morgan fingerprint density at radius 1 is 0.920 bits per heavy atom. The highest BCUT2D eigenvalue weighted by Crippen LogP contribution is 2.43. The molecule has 0 saturated heterocycles. The zero-order valence-corrected chi connectivity index (χ0v) is 13.7. The molecule has 3 nitrogen and oxygen atoms in total. The molecule has 4 heteroatoms. The third-order valence-corrected chi connectivity index (χ3v) is 4.96. The van der Waals surface area contributed by atoms with Crippen molar-refractivity contribution in [2.45, 2.75) is 12.6 Å². The van der Waals surface area contributed by atoms with E-state index in [0.29, 0.717) is 0 Å². The average Bonchev–Trinajstić information content (AvgIpc) is 3.03. The molecule has 1 aliphatic heterocycles. The van der Waals surface area contributed by atoms with Crippen LogP contribution in [0.1, 0.15) is 12.5 Å². The third-order valence-electron chi connectivity index (χ3n) is 4.96. The van der Waals surface area contributed by atoms with Gasteiger partial charge in [0.25, 0.3) is 0 Å². The second-order valence-electron chi connectivity index (χ2n) is 6.51. The fourth-order valence-corrected chi connectivity index (χ4v) is 3.74. The van der Waals surface area contributed by atoms with Crippen LogP contribution in [0.15, 0.2) is 72.8 Å². The van der Waals surface area contributed by atoms with Crippen molar-refractivity contribution in [3.8, 4) is 11.4 Å². The third kappa shape index (κ3) is 1.94. The van der Waals surface area contributed by atoms with E-state index in [4.69, 9.17) is 4.98 Å². The molecule has 122 valence electrons. The van der Waals surface area contributed by atoms with Crippen molar-refractivity contribution >= 4 is 16.7 Å². The number of hydrogen-bond donors (Lipinski definition) is 1. The number of nitrogens with zero attached hydrogens (tertiary/aromatic N) is 2. The Morgan fingerprint density at radius 3 is 2.48 bits per heavy atom. The Balaban J connectivity index is 1.87. The summed E-state index contributed by atoms with van der Waals surface area (Å²) in [5, 5.41) is 3.64. The molecule has 25 heavy (non-hydrogen) atoms. The van der Waals surface area contributed by atoms with Crippen LogP contribution in [0.2, 0.25) is 0 Å². The monoisotopic (exact) mass is 329 g/mol. The average molecular weight is 329 g/mol. The molecule has 0 amide bonds. The lowest BCUT2D eigenvalue weighted by atomic mass is 9.96. The zero-order valence-electron chi connectivity index (χ0n) is 13.7. The second kappa shape index (κ2) is 4.93. The number of nitrogens with one attached hydrogen (secondary N) is 1. The van der Waals surface area contributed by atoms with E-state index in [9.17, 15) is 4.39 Å². The molecule has 0 saturated carbocycles. The molecule has 1 aromatic heterocycles. The van der Waals surface area contributed by atoms with Crippen LogP contribution in [-0.2, 0) is 5.66 Å². The lowest BCUT2D eigenvalue weighted by molar-refractivity contribution is 0.462. The first-order valence-corrected chi connectivity index (χ1v) is 8.28. The quantitative estimate of drug-likeness (QED) is 0.533. The minimum atomic E-state index is -0.562. The Labute approximate surface area is 144 Å². The standard InChI is InChI=1S/C21H16FN3/c1-21(14-10-12-15(22)13-11-14)24-17-7-3-2-6-16(17)20-23-18-8-4-5-9-19(18)25(20)21/h2-13,24H,1H3/t21-/m0/s1. The van der Waals surface area contributed by atoms with Crippen LogP contribution >= 0.6 is 0 Å². The smallest absolute Gasteiger partial charge is 0.145 e. The predicted molar refractivity (Wildman–Crippen MR) is 97.9 cm³/mol. The predicted octanol–water partition coefficient (Wildman–Crippen LogP) is 4.99. The largest absolute Gasteiger partial charge is 0.358 e. The summed E-state index contributed by atoms with van der Waals surface area (Å²) >= 11 is 0. The maximum atomic E-state index is 13.5. The van der Waals surface area contributed by atoms with E-state index >= 15 is 0 Å². The van der Waals surface area contributed by atoms with Crippen molar-refractivity contribution in [1.82, 2.24) is 9.55 Å². The van der Waals surface area contributed by atoms with Gasteiger partial charge < -0.3 is 5.32 Å². The molecule has 0 aliphatic carbocycles. The van der Waals surface area contributed by atoms with Crippen molar-refractivity contribution in [2.75, 3.05) is 5.32 Å². The van der Waals surface area contributed by atoms with E-state index in [-0.39, 0.29) is 5.82 Å². The van der Waals surface area contributed by atoms with Crippen LogP contribution in [0.4, 0.5) is 10.1 Å². The molecule has 0 unspecified atom stereocenters. The van der Waals surface area contributed by atoms with Gasteiger partial charge in [-0.2, -0.15) is 0 Å². The molecule has 2 heterocycles. The van der Waals surface area contributed by atoms with Crippen LogP contribution in [-0.4, -0.2) is 9.55 Å². The van der Waals surface area contributed by atoms with Gasteiger partial charge in [0.05, 0.1) is 11.0 Å². The number of benzene rings is 3. The van der Waals surface area contributed by atoms with Crippen LogP contribution in [0.25, 0.3) is 22.4 Å². The van der Waals surface area contributed by atoms with Crippen LogP contribution in [0, 0.1) is 5.82 Å². The lowest BCUT2D eigenvalue weighted by Crippen LogP contribution is -2.42. The van der Waals surface area contributed by atoms with E-state index in [0.717, 1.165) is 33.7 Å². The van der Waals surface area contributed by atoms with E-state index < -0.39 is 5.66 Å². The Hall–Kier alpha value is -3.14.